The number of rotatable bonds is 12. The monoisotopic (exact) mass is 585 g/mol. The summed E-state index contributed by atoms with van der Waals surface area (Å²) in [4.78, 5) is 20.7. The molecule has 0 saturated carbocycles. The predicted octanol–water partition coefficient (Wildman–Crippen LogP) is 5.31. The van der Waals surface area contributed by atoms with Crippen molar-refractivity contribution in [2.75, 3.05) is 13.7 Å². The first-order valence-electron chi connectivity index (χ1n) is 15.0. The van der Waals surface area contributed by atoms with Gasteiger partial charge >= 0.3 is 0 Å². The molecule has 3 aromatic carbocycles. The SMILES string of the molecule is COc1ccc(Cn2c(CCc3c[nH]c4ccccc34)nnc2[C@@H](Cc2c[nH]c3ccccc23)N2CC=CC2NC=O)cc1. The molecule has 222 valence electrons. The largest absolute Gasteiger partial charge is 0.497 e. The Hall–Kier alpha value is -5.15. The number of H-pyrrole nitrogens is 2. The van der Waals surface area contributed by atoms with Crippen molar-refractivity contribution in [1.29, 1.82) is 0 Å². The molecule has 44 heavy (non-hydrogen) atoms. The van der Waals surface area contributed by atoms with E-state index in [4.69, 9.17) is 14.9 Å². The Labute approximate surface area is 255 Å². The average molecular weight is 586 g/mol. The second-order valence-electron chi connectivity index (χ2n) is 11.2. The molecule has 1 unspecified atom stereocenters. The maximum atomic E-state index is 11.6. The van der Waals surface area contributed by atoms with Gasteiger partial charge in [-0.05, 0) is 53.8 Å². The summed E-state index contributed by atoms with van der Waals surface area (Å²) in [6, 6.07) is 24.8. The third kappa shape index (κ3) is 5.38. The molecule has 2 atom stereocenters. The van der Waals surface area contributed by atoms with Crippen LogP contribution in [0, 0.1) is 0 Å². The minimum atomic E-state index is -0.233. The van der Waals surface area contributed by atoms with E-state index in [2.05, 4.69) is 91.8 Å². The number of hydrogen-bond acceptors (Lipinski definition) is 5. The number of methoxy groups -OCH3 is 1. The van der Waals surface area contributed by atoms with Crippen molar-refractivity contribution in [3.05, 3.63) is 126 Å². The first-order valence-corrected chi connectivity index (χ1v) is 15.0. The zero-order chi connectivity index (χ0) is 29.9. The van der Waals surface area contributed by atoms with Gasteiger partial charge in [-0.1, -0.05) is 60.7 Å². The summed E-state index contributed by atoms with van der Waals surface area (Å²) in [5.41, 5.74) is 5.82. The number of aromatic nitrogens is 5. The van der Waals surface area contributed by atoms with Crippen molar-refractivity contribution in [3.63, 3.8) is 0 Å². The Morgan fingerprint density at radius 3 is 2.36 bits per heavy atom. The third-order valence-corrected chi connectivity index (χ3v) is 8.67. The summed E-state index contributed by atoms with van der Waals surface area (Å²) in [6.07, 6.45) is 11.1. The number of ether oxygens (including phenoxy) is 1. The normalized spacial score (nSPS) is 15.7. The van der Waals surface area contributed by atoms with Crippen LogP contribution in [0.2, 0.25) is 0 Å². The van der Waals surface area contributed by atoms with Crippen LogP contribution in [0.25, 0.3) is 21.8 Å². The Kier molecular flexibility index (Phi) is 7.69. The molecule has 4 heterocycles. The Morgan fingerprint density at radius 2 is 1.64 bits per heavy atom. The number of aryl methyl sites for hydroxylation is 2. The second-order valence-corrected chi connectivity index (χ2v) is 11.2. The molecular formula is C35H35N7O2. The van der Waals surface area contributed by atoms with Crippen LogP contribution in [-0.4, -0.2) is 55.9 Å². The van der Waals surface area contributed by atoms with E-state index < -0.39 is 0 Å². The second kappa shape index (κ2) is 12.2. The van der Waals surface area contributed by atoms with Gasteiger partial charge in [0.1, 0.15) is 17.7 Å². The van der Waals surface area contributed by atoms with Crippen molar-refractivity contribution in [3.8, 4) is 5.75 Å². The number of amides is 1. The highest BCUT2D eigenvalue weighted by Gasteiger charge is 2.33. The lowest BCUT2D eigenvalue weighted by molar-refractivity contribution is -0.110. The highest BCUT2D eigenvalue weighted by molar-refractivity contribution is 5.83. The summed E-state index contributed by atoms with van der Waals surface area (Å²) in [7, 11) is 1.68. The molecule has 1 amide bonds. The van der Waals surface area contributed by atoms with Crippen molar-refractivity contribution < 1.29 is 9.53 Å². The topological polar surface area (TPSA) is 104 Å². The van der Waals surface area contributed by atoms with Crippen LogP contribution in [0.15, 0.2) is 97.3 Å². The fourth-order valence-corrected chi connectivity index (χ4v) is 6.39. The van der Waals surface area contributed by atoms with Gasteiger partial charge in [0.15, 0.2) is 5.82 Å². The van der Waals surface area contributed by atoms with Gasteiger partial charge in [0.05, 0.1) is 19.7 Å². The van der Waals surface area contributed by atoms with Crippen LogP contribution >= 0.6 is 0 Å². The molecule has 0 fully saturated rings. The number of aromatic amines is 2. The molecule has 9 heteroatoms. The molecule has 0 saturated heterocycles. The minimum Gasteiger partial charge on any atom is -0.497 e. The number of fused-ring (bicyclic) bond motifs is 2. The molecule has 9 nitrogen and oxygen atoms in total. The molecule has 7 rings (SSSR count). The first-order chi connectivity index (χ1) is 21.7. The summed E-state index contributed by atoms with van der Waals surface area (Å²) in [5.74, 6) is 2.62. The Bertz CT molecular complexity index is 1920. The van der Waals surface area contributed by atoms with Gasteiger partial charge < -0.3 is 24.6 Å². The fourth-order valence-electron chi connectivity index (χ4n) is 6.39. The van der Waals surface area contributed by atoms with Gasteiger partial charge in [-0.2, -0.15) is 0 Å². The smallest absolute Gasteiger partial charge is 0.208 e. The molecule has 0 bridgehead atoms. The lowest BCUT2D eigenvalue weighted by atomic mass is 10.0. The Balaban J connectivity index is 1.28. The van der Waals surface area contributed by atoms with Gasteiger partial charge in [-0.3, -0.25) is 9.69 Å². The minimum absolute atomic E-state index is 0.144. The Morgan fingerprint density at radius 1 is 0.932 bits per heavy atom. The van der Waals surface area contributed by atoms with Crippen molar-refractivity contribution in [2.45, 2.75) is 38.0 Å². The van der Waals surface area contributed by atoms with Gasteiger partial charge in [-0.15, -0.1) is 10.2 Å². The zero-order valence-electron chi connectivity index (χ0n) is 24.6. The number of para-hydroxylation sites is 2. The molecular weight excluding hydrogens is 550 g/mol. The molecule has 3 N–H and O–H groups in total. The highest BCUT2D eigenvalue weighted by atomic mass is 16.5. The number of hydrogen-bond donors (Lipinski definition) is 3. The van der Waals surface area contributed by atoms with E-state index in [0.717, 1.165) is 53.2 Å². The van der Waals surface area contributed by atoms with Crippen molar-refractivity contribution >= 4 is 28.2 Å². The van der Waals surface area contributed by atoms with Crippen LogP contribution in [0.3, 0.4) is 0 Å². The number of carbonyl (C=O) groups excluding carboxylic acids is 1. The van der Waals surface area contributed by atoms with Crippen LogP contribution in [-0.2, 0) is 30.6 Å². The molecule has 1 aliphatic heterocycles. The van der Waals surface area contributed by atoms with E-state index in [9.17, 15) is 4.79 Å². The summed E-state index contributed by atoms with van der Waals surface area (Å²) in [6.45, 7) is 1.31. The van der Waals surface area contributed by atoms with Gasteiger partial charge in [-0.25, -0.2) is 0 Å². The maximum Gasteiger partial charge on any atom is 0.208 e. The quantitative estimate of drug-likeness (QED) is 0.133. The molecule has 0 spiro atoms. The van der Waals surface area contributed by atoms with Gasteiger partial charge in [0.25, 0.3) is 0 Å². The van der Waals surface area contributed by atoms with E-state index in [1.807, 2.05) is 30.3 Å². The van der Waals surface area contributed by atoms with E-state index in [0.29, 0.717) is 19.5 Å². The summed E-state index contributed by atoms with van der Waals surface area (Å²) >= 11 is 0. The van der Waals surface area contributed by atoms with Crippen LogP contribution in [0.5, 0.6) is 5.75 Å². The molecule has 3 aromatic heterocycles. The van der Waals surface area contributed by atoms with Crippen molar-refractivity contribution in [1.82, 2.24) is 34.9 Å². The average Bonchev–Trinajstić information content (AvgIpc) is 3.86. The lowest BCUT2D eigenvalue weighted by Gasteiger charge is -2.32. The van der Waals surface area contributed by atoms with Crippen LogP contribution in [0.1, 0.15) is 34.4 Å². The van der Waals surface area contributed by atoms with E-state index >= 15 is 0 Å². The van der Waals surface area contributed by atoms with Gasteiger partial charge in [0.2, 0.25) is 6.41 Å². The first kappa shape index (κ1) is 27.7. The highest BCUT2D eigenvalue weighted by Crippen LogP contribution is 2.32. The fraction of sp³-hybridized carbons (Fsp3) is 0.229. The van der Waals surface area contributed by atoms with Gasteiger partial charge in [0, 0.05) is 47.2 Å². The lowest BCUT2D eigenvalue weighted by Crippen LogP contribution is -2.44. The molecule has 0 aliphatic carbocycles. The summed E-state index contributed by atoms with van der Waals surface area (Å²) in [5, 5.41) is 15.1. The molecule has 6 aromatic rings. The van der Waals surface area contributed by atoms with Crippen molar-refractivity contribution in [2.24, 2.45) is 0 Å². The third-order valence-electron chi connectivity index (χ3n) is 8.67. The summed E-state index contributed by atoms with van der Waals surface area (Å²) < 4.78 is 7.69. The number of benzene rings is 3. The number of nitrogens with one attached hydrogen (secondary N) is 3. The van der Waals surface area contributed by atoms with E-state index in [1.165, 1.54) is 21.9 Å². The zero-order valence-corrected chi connectivity index (χ0v) is 24.6. The van der Waals surface area contributed by atoms with Crippen LogP contribution < -0.4 is 10.1 Å². The maximum absolute atomic E-state index is 11.6. The predicted molar refractivity (Wildman–Crippen MR) is 171 cm³/mol. The standard InChI is InChI=1S/C35H35N7O2/c1-44-27-15-12-24(13-16-27)22-42-34(17-14-25-20-36-30-9-4-2-7-28(25)30)39-40-35(42)32(41-18-6-11-33(41)38-23-43)19-26-21-37-31-10-5-3-8-29(26)31/h2-13,15-16,20-21,23,32-33,36-37H,14,17-19,22H2,1H3,(H,38,43)/t32-,33?/m1/s1. The molecule has 0 radical (unpaired) electrons. The molecule has 1 aliphatic rings. The van der Waals surface area contributed by atoms with E-state index in [-0.39, 0.29) is 12.2 Å². The van der Waals surface area contributed by atoms with Crippen LogP contribution in [0.4, 0.5) is 0 Å². The van der Waals surface area contributed by atoms with E-state index in [1.54, 1.807) is 7.11 Å². The number of nitrogens with zero attached hydrogens (tertiary/aromatic N) is 4. The number of carbonyl (C=O) groups is 1.